The van der Waals surface area contributed by atoms with Crippen molar-refractivity contribution in [2.24, 2.45) is 7.05 Å². The van der Waals surface area contributed by atoms with E-state index in [0.717, 1.165) is 16.8 Å². The number of benzene rings is 2. The first kappa shape index (κ1) is 21.7. The van der Waals surface area contributed by atoms with Gasteiger partial charge in [0.15, 0.2) is 16.7 Å². The van der Waals surface area contributed by atoms with Gasteiger partial charge >= 0.3 is 0 Å². The van der Waals surface area contributed by atoms with Crippen molar-refractivity contribution < 1.29 is 19.1 Å². The molecular weight excluding hydrogens is 430 g/mol. The molecule has 0 spiro atoms. The summed E-state index contributed by atoms with van der Waals surface area (Å²) in [5.74, 6) is 1.56. The molecule has 1 aliphatic rings. The smallest absolute Gasteiger partial charge is 0.234 e. The highest BCUT2D eigenvalue weighted by atomic mass is 32.2. The molecule has 9 nitrogen and oxygen atoms in total. The Balaban J connectivity index is 1.30. The van der Waals surface area contributed by atoms with Gasteiger partial charge in [-0.25, -0.2) is 0 Å². The van der Waals surface area contributed by atoms with Crippen molar-refractivity contribution in [3.8, 4) is 11.5 Å². The van der Waals surface area contributed by atoms with Crippen molar-refractivity contribution >= 4 is 35.0 Å². The lowest BCUT2D eigenvalue weighted by molar-refractivity contribution is -0.116. The second-order valence-corrected chi connectivity index (χ2v) is 8.35. The second kappa shape index (κ2) is 9.31. The van der Waals surface area contributed by atoms with Crippen molar-refractivity contribution in [2.45, 2.75) is 25.4 Å². The molecule has 166 valence electrons. The molecule has 0 unspecified atom stereocenters. The van der Waals surface area contributed by atoms with Crippen LogP contribution in [0.4, 0.5) is 11.4 Å². The first-order chi connectivity index (χ1) is 15.4. The van der Waals surface area contributed by atoms with Gasteiger partial charge in [0.2, 0.25) is 18.6 Å². The Morgan fingerprint density at radius 2 is 1.84 bits per heavy atom. The van der Waals surface area contributed by atoms with Crippen molar-refractivity contribution in [2.75, 3.05) is 23.2 Å². The average molecular weight is 454 g/mol. The lowest BCUT2D eigenvalue weighted by atomic mass is 10.1. The summed E-state index contributed by atoms with van der Waals surface area (Å²) in [6, 6.07) is 11.1. The maximum absolute atomic E-state index is 12.4. The highest BCUT2D eigenvalue weighted by Gasteiger charge is 2.17. The van der Waals surface area contributed by atoms with Crippen LogP contribution in [0, 0.1) is 13.8 Å². The molecule has 2 amide bonds. The fourth-order valence-corrected chi connectivity index (χ4v) is 3.95. The van der Waals surface area contributed by atoms with Crippen LogP contribution < -0.4 is 20.1 Å². The number of amides is 2. The van der Waals surface area contributed by atoms with Crippen LogP contribution in [0.15, 0.2) is 41.6 Å². The number of aryl methyl sites for hydroxylation is 2. The first-order valence-corrected chi connectivity index (χ1v) is 11.0. The number of nitrogens with zero attached hydrogens (tertiary/aromatic N) is 3. The quantitative estimate of drug-likeness (QED) is 0.530. The number of rotatable bonds is 7. The molecule has 4 rings (SSSR count). The Labute approximate surface area is 189 Å². The Bertz CT molecular complexity index is 1180. The first-order valence-electron chi connectivity index (χ1n) is 9.97. The van der Waals surface area contributed by atoms with Gasteiger partial charge in [0, 0.05) is 24.5 Å². The number of hydrogen-bond donors (Lipinski definition) is 2. The van der Waals surface area contributed by atoms with E-state index < -0.39 is 0 Å². The monoisotopic (exact) mass is 453 g/mol. The molecule has 1 aliphatic heterocycles. The minimum Gasteiger partial charge on any atom is -0.454 e. The third kappa shape index (κ3) is 5.02. The predicted octanol–water partition coefficient (Wildman–Crippen LogP) is 3.07. The number of aromatic nitrogens is 3. The molecule has 2 heterocycles. The number of fused-ring (bicyclic) bond motifs is 1. The number of anilines is 2. The summed E-state index contributed by atoms with van der Waals surface area (Å²) in [5.41, 5.74) is 3.54. The maximum atomic E-state index is 12.4. The third-order valence-electron chi connectivity index (χ3n) is 4.89. The van der Waals surface area contributed by atoms with E-state index in [0.29, 0.717) is 28.2 Å². The zero-order valence-electron chi connectivity index (χ0n) is 18.0. The van der Waals surface area contributed by atoms with Crippen LogP contribution in [0.25, 0.3) is 0 Å². The zero-order valence-corrected chi connectivity index (χ0v) is 18.8. The van der Waals surface area contributed by atoms with E-state index in [1.165, 1.54) is 11.8 Å². The van der Waals surface area contributed by atoms with E-state index in [2.05, 4.69) is 20.8 Å². The molecule has 1 aromatic heterocycles. The van der Waals surface area contributed by atoms with Crippen LogP contribution in [0.3, 0.4) is 0 Å². The fraction of sp³-hybridized carbons (Fsp3) is 0.273. The summed E-state index contributed by atoms with van der Waals surface area (Å²) in [7, 11) is 1.78. The zero-order chi connectivity index (χ0) is 22.7. The second-order valence-electron chi connectivity index (χ2n) is 7.41. The van der Waals surface area contributed by atoms with Crippen molar-refractivity contribution in [3.05, 3.63) is 53.3 Å². The summed E-state index contributed by atoms with van der Waals surface area (Å²) in [6.07, 6.45) is 0.0841. The van der Waals surface area contributed by atoms with Crippen molar-refractivity contribution in [1.29, 1.82) is 0 Å². The van der Waals surface area contributed by atoms with E-state index >= 15 is 0 Å². The molecule has 0 radical (unpaired) electrons. The van der Waals surface area contributed by atoms with Gasteiger partial charge in [-0.15, -0.1) is 10.2 Å². The Kier molecular flexibility index (Phi) is 6.31. The molecule has 32 heavy (non-hydrogen) atoms. The molecule has 10 heteroatoms. The van der Waals surface area contributed by atoms with Crippen molar-refractivity contribution in [1.82, 2.24) is 14.8 Å². The van der Waals surface area contributed by atoms with Crippen LogP contribution in [0.1, 0.15) is 17.0 Å². The van der Waals surface area contributed by atoms with Crippen LogP contribution in [0.2, 0.25) is 0 Å². The summed E-state index contributed by atoms with van der Waals surface area (Å²) in [6.45, 7) is 4.14. The van der Waals surface area contributed by atoms with Gasteiger partial charge < -0.3 is 24.7 Å². The lowest BCUT2D eigenvalue weighted by Crippen LogP contribution is -2.18. The largest absolute Gasteiger partial charge is 0.454 e. The summed E-state index contributed by atoms with van der Waals surface area (Å²) >= 11 is 1.25. The number of ether oxygens (including phenoxy) is 2. The number of carbonyl (C=O) groups excluding carboxylic acids is 2. The van der Waals surface area contributed by atoms with Crippen LogP contribution >= 0.6 is 11.8 Å². The molecule has 0 aliphatic carbocycles. The Morgan fingerprint density at radius 3 is 2.66 bits per heavy atom. The molecule has 0 saturated heterocycles. The van der Waals surface area contributed by atoms with Crippen LogP contribution in [-0.4, -0.2) is 39.1 Å². The van der Waals surface area contributed by atoms with Gasteiger partial charge in [-0.1, -0.05) is 29.5 Å². The highest BCUT2D eigenvalue weighted by molar-refractivity contribution is 7.99. The predicted molar refractivity (Wildman–Crippen MR) is 121 cm³/mol. The van der Waals surface area contributed by atoms with Gasteiger partial charge in [0.1, 0.15) is 5.82 Å². The summed E-state index contributed by atoms with van der Waals surface area (Å²) in [4.78, 5) is 24.8. The normalized spacial score (nSPS) is 12.0. The maximum Gasteiger partial charge on any atom is 0.234 e. The van der Waals surface area contributed by atoms with E-state index in [1.54, 1.807) is 29.8 Å². The van der Waals surface area contributed by atoms with Crippen LogP contribution in [0.5, 0.6) is 11.5 Å². The summed E-state index contributed by atoms with van der Waals surface area (Å²) < 4.78 is 12.3. The van der Waals surface area contributed by atoms with E-state index in [4.69, 9.17) is 9.47 Å². The third-order valence-corrected chi connectivity index (χ3v) is 5.91. The Morgan fingerprint density at radius 1 is 1.03 bits per heavy atom. The number of hydrogen-bond acceptors (Lipinski definition) is 7. The minimum absolute atomic E-state index is 0.0841. The van der Waals surface area contributed by atoms with E-state index in [-0.39, 0.29) is 30.8 Å². The SMILES string of the molecule is Cc1ccc(NC(=O)Cc2nnc(SCC(=O)Nc3ccc4c(c3)OCO4)n2C)c(C)c1. The molecule has 0 saturated carbocycles. The van der Waals surface area contributed by atoms with E-state index in [1.807, 2.05) is 32.0 Å². The van der Waals surface area contributed by atoms with Crippen molar-refractivity contribution in [3.63, 3.8) is 0 Å². The van der Waals surface area contributed by atoms with E-state index in [9.17, 15) is 9.59 Å². The number of nitrogens with one attached hydrogen (secondary N) is 2. The highest BCUT2D eigenvalue weighted by Crippen LogP contribution is 2.34. The average Bonchev–Trinajstić information content (AvgIpc) is 3.35. The molecule has 3 aromatic rings. The Hall–Kier alpha value is -3.53. The fourth-order valence-electron chi connectivity index (χ4n) is 3.22. The summed E-state index contributed by atoms with van der Waals surface area (Å²) in [5, 5.41) is 14.5. The molecule has 0 fully saturated rings. The molecular formula is C22H23N5O4S. The van der Waals surface area contributed by atoms with Gasteiger partial charge in [-0.2, -0.15) is 0 Å². The van der Waals surface area contributed by atoms with Crippen LogP contribution in [-0.2, 0) is 23.1 Å². The standard InChI is InChI=1S/C22H23N5O4S/c1-13-4-6-16(14(2)8-13)24-20(28)10-19-25-26-22(27(19)3)32-11-21(29)23-15-5-7-17-18(9-15)31-12-30-17/h4-9H,10-12H2,1-3H3,(H,23,29)(H,24,28). The van der Waals surface area contributed by atoms with Gasteiger partial charge in [-0.3, -0.25) is 9.59 Å². The van der Waals surface area contributed by atoms with Gasteiger partial charge in [0.25, 0.3) is 0 Å². The number of carbonyl (C=O) groups is 2. The number of thioether (sulfide) groups is 1. The lowest BCUT2D eigenvalue weighted by Gasteiger charge is -2.09. The van der Waals surface area contributed by atoms with Gasteiger partial charge in [-0.05, 0) is 37.6 Å². The molecule has 2 aromatic carbocycles. The minimum atomic E-state index is -0.189. The topological polar surface area (TPSA) is 107 Å². The van der Waals surface area contributed by atoms with Gasteiger partial charge in [0.05, 0.1) is 12.2 Å². The molecule has 0 bridgehead atoms. The molecule has 2 N–H and O–H groups in total. The molecule has 0 atom stereocenters.